The van der Waals surface area contributed by atoms with Crippen LogP contribution in [0.25, 0.3) is 10.8 Å². The minimum Gasteiger partial charge on any atom is -0.497 e. The second kappa shape index (κ2) is 8.39. The van der Waals surface area contributed by atoms with Gasteiger partial charge in [0, 0.05) is 12.3 Å². The zero-order valence-corrected chi connectivity index (χ0v) is 15.6. The fourth-order valence-electron chi connectivity index (χ4n) is 2.82. The van der Waals surface area contributed by atoms with Gasteiger partial charge in [-0.15, -0.1) is 0 Å². The Morgan fingerprint density at radius 2 is 1.79 bits per heavy atom. The van der Waals surface area contributed by atoms with Gasteiger partial charge in [-0.05, 0) is 41.5 Å². The van der Waals surface area contributed by atoms with Gasteiger partial charge in [0.25, 0.3) is 11.5 Å². The molecule has 3 rings (SSSR count). The molecule has 0 spiro atoms. The average Bonchev–Trinajstić information content (AvgIpc) is 2.72. The van der Waals surface area contributed by atoms with E-state index in [-0.39, 0.29) is 18.0 Å². The van der Waals surface area contributed by atoms with Crippen molar-refractivity contribution < 1.29 is 14.3 Å². The topological polar surface area (TPSA) is 89.4 Å². The number of nitrogens with one attached hydrogen (secondary N) is 2. The third-order valence-corrected chi connectivity index (χ3v) is 4.50. The summed E-state index contributed by atoms with van der Waals surface area (Å²) in [6.07, 6.45) is 1.51. The van der Waals surface area contributed by atoms with Crippen molar-refractivity contribution in [3.05, 3.63) is 76.7 Å². The number of hydrogen-bond acceptors (Lipinski definition) is 4. The van der Waals surface area contributed by atoms with Gasteiger partial charge in [0.2, 0.25) is 5.91 Å². The van der Waals surface area contributed by atoms with Crippen LogP contribution >= 0.6 is 0 Å². The normalized spacial score (nSPS) is 11.6. The third kappa shape index (κ3) is 4.37. The molecule has 1 atom stereocenters. The van der Waals surface area contributed by atoms with Crippen molar-refractivity contribution in [2.24, 2.45) is 0 Å². The van der Waals surface area contributed by atoms with E-state index in [1.54, 1.807) is 26.2 Å². The van der Waals surface area contributed by atoms with Crippen molar-refractivity contribution in [3.63, 3.8) is 0 Å². The molecule has 3 aromatic rings. The number of ether oxygens (including phenoxy) is 1. The highest BCUT2D eigenvalue weighted by atomic mass is 16.5. The Balaban J connectivity index is 1.62. The van der Waals surface area contributed by atoms with Crippen LogP contribution in [-0.4, -0.2) is 23.5 Å². The maximum atomic E-state index is 12.4. The van der Waals surface area contributed by atoms with Gasteiger partial charge in [0.1, 0.15) is 12.3 Å². The number of amides is 2. The Bertz CT molecular complexity index is 1070. The van der Waals surface area contributed by atoms with Crippen molar-refractivity contribution in [2.45, 2.75) is 19.4 Å². The standard InChI is InChI=1S/C21H21N3O4/c1-14(15-6-7-17-12-18(28-2)9-8-16(17)11-15)21(27)23-22-19(25)13-24-10-4-3-5-20(24)26/h3-12,14H,13H2,1-2H3,(H,22,25)(H,23,27)/t14-/m0/s1. The van der Waals surface area contributed by atoms with Gasteiger partial charge in [0.15, 0.2) is 0 Å². The molecular formula is C21H21N3O4. The number of carbonyl (C=O) groups is 2. The number of pyridine rings is 1. The molecule has 0 radical (unpaired) electrons. The number of benzene rings is 2. The quantitative estimate of drug-likeness (QED) is 0.663. The Hall–Kier alpha value is -3.61. The number of hydrogen-bond donors (Lipinski definition) is 2. The Kier molecular flexibility index (Phi) is 5.74. The molecule has 2 aromatic carbocycles. The Morgan fingerprint density at radius 3 is 2.54 bits per heavy atom. The number of aromatic nitrogens is 1. The second-order valence-corrected chi connectivity index (χ2v) is 6.40. The molecular weight excluding hydrogens is 358 g/mol. The van der Waals surface area contributed by atoms with Crippen LogP contribution in [-0.2, 0) is 16.1 Å². The van der Waals surface area contributed by atoms with Crippen molar-refractivity contribution >= 4 is 22.6 Å². The predicted molar refractivity (Wildman–Crippen MR) is 106 cm³/mol. The molecule has 2 N–H and O–H groups in total. The van der Waals surface area contributed by atoms with Crippen molar-refractivity contribution in [3.8, 4) is 5.75 Å². The summed E-state index contributed by atoms with van der Waals surface area (Å²) in [6, 6.07) is 16.1. The van der Waals surface area contributed by atoms with E-state index in [1.165, 1.54) is 16.8 Å². The van der Waals surface area contributed by atoms with Crippen molar-refractivity contribution in [1.29, 1.82) is 0 Å². The van der Waals surface area contributed by atoms with E-state index < -0.39 is 11.8 Å². The van der Waals surface area contributed by atoms with Gasteiger partial charge in [-0.3, -0.25) is 25.2 Å². The maximum Gasteiger partial charge on any atom is 0.258 e. The van der Waals surface area contributed by atoms with Gasteiger partial charge in [-0.25, -0.2) is 0 Å². The molecule has 1 heterocycles. The first-order chi connectivity index (χ1) is 13.5. The number of fused-ring (bicyclic) bond motifs is 1. The molecule has 28 heavy (non-hydrogen) atoms. The molecule has 144 valence electrons. The molecule has 7 nitrogen and oxygen atoms in total. The van der Waals surface area contributed by atoms with Crippen LogP contribution in [0.1, 0.15) is 18.4 Å². The number of methoxy groups -OCH3 is 1. The minimum atomic E-state index is -0.487. The monoisotopic (exact) mass is 379 g/mol. The number of carbonyl (C=O) groups excluding carboxylic acids is 2. The average molecular weight is 379 g/mol. The van der Waals surface area contributed by atoms with Crippen LogP contribution in [0.3, 0.4) is 0 Å². The molecule has 0 saturated heterocycles. The van der Waals surface area contributed by atoms with Gasteiger partial charge in [-0.2, -0.15) is 0 Å². The zero-order valence-electron chi connectivity index (χ0n) is 15.6. The second-order valence-electron chi connectivity index (χ2n) is 6.40. The Labute approximate surface area is 161 Å². The van der Waals surface area contributed by atoms with Gasteiger partial charge in [0.05, 0.1) is 13.0 Å². The van der Waals surface area contributed by atoms with E-state index in [4.69, 9.17) is 4.74 Å². The van der Waals surface area contributed by atoms with Gasteiger partial charge < -0.3 is 9.30 Å². The zero-order chi connectivity index (χ0) is 20.1. The van der Waals surface area contributed by atoms with E-state index in [0.717, 1.165) is 22.1 Å². The summed E-state index contributed by atoms with van der Waals surface area (Å²) >= 11 is 0. The van der Waals surface area contributed by atoms with Crippen LogP contribution < -0.4 is 21.1 Å². The first kappa shape index (κ1) is 19.2. The van der Waals surface area contributed by atoms with Crippen LogP contribution in [0.2, 0.25) is 0 Å². The lowest BCUT2D eigenvalue weighted by Gasteiger charge is -2.14. The molecule has 0 saturated carbocycles. The SMILES string of the molecule is COc1ccc2cc([C@H](C)C(=O)NNC(=O)Cn3ccccc3=O)ccc2c1. The predicted octanol–water partition coefficient (Wildman–Crippen LogP) is 1.96. The fraction of sp³-hybridized carbons (Fsp3) is 0.190. The first-order valence-corrected chi connectivity index (χ1v) is 8.80. The van der Waals surface area contributed by atoms with Crippen LogP contribution in [0.5, 0.6) is 5.75 Å². The molecule has 0 fully saturated rings. The van der Waals surface area contributed by atoms with Gasteiger partial charge in [-0.1, -0.05) is 30.3 Å². The van der Waals surface area contributed by atoms with E-state index in [1.807, 2.05) is 36.4 Å². The lowest BCUT2D eigenvalue weighted by Crippen LogP contribution is -2.45. The summed E-state index contributed by atoms with van der Waals surface area (Å²) in [5.41, 5.74) is 5.30. The smallest absolute Gasteiger partial charge is 0.258 e. The number of rotatable bonds is 5. The van der Waals surface area contributed by atoms with Crippen LogP contribution in [0.4, 0.5) is 0 Å². The summed E-state index contributed by atoms with van der Waals surface area (Å²) in [6.45, 7) is 1.58. The maximum absolute atomic E-state index is 12.4. The van der Waals surface area contributed by atoms with E-state index >= 15 is 0 Å². The molecule has 2 amide bonds. The highest BCUT2D eigenvalue weighted by molar-refractivity contribution is 5.89. The van der Waals surface area contributed by atoms with Crippen molar-refractivity contribution in [1.82, 2.24) is 15.4 Å². The largest absolute Gasteiger partial charge is 0.497 e. The number of nitrogens with zero attached hydrogens (tertiary/aromatic N) is 1. The first-order valence-electron chi connectivity index (χ1n) is 8.80. The minimum absolute atomic E-state index is 0.174. The lowest BCUT2D eigenvalue weighted by molar-refractivity contribution is -0.129. The van der Waals surface area contributed by atoms with E-state index in [0.29, 0.717) is 0 Å². The highest BCUT2D eigenvalue weighted by Gasteiger charge is 2.16. The fourth-order valence-corrected chi connectivity index (χ4v) is 2.82. The lowest BCUT2D eigenvalue weighted by atomic mass is 9.97. The summed E-state index contributed by atoms with van der Waals surface area (Å²) < 4.78 is 6.47. The third-order valence-electron chi connectivity index (χ3n) is 4.50. The summed E-state index contributed by atoms with van der Waals surface area (Å²) in [4.78, 5) is 36.0. The summed E-state index contributed by atoms with van der Waals surface area (Å²) in [5, 5.41) is 2.00. The van der Waals surface area contributed by atoms with Gasteiger partial charge >= 0.3 is 0 Å². The Morgan fingerprint density at radius 1 is 1.04 bits per heavy atom. The molecule has 0 aliphatic heterocycles. The molecule has 1 aromatic heterocycles. The molecule has 7 heteroatoms. The molecule has 0 bridgehead atoms. The number of hydrazine groups is 1. The van der Waals surface area contributed by atoms with Crippen LogP contribution in [0, 0.1) is 0 Å². The molecule has 0 aliphatic carbocycles. The van der Waals surface area contributed by atoms with E-state index in [9.17, 15) is 14.4 Å². The van der Waals surface area contributed by atoms with E-state index in [2.05, 4.69) is 10.9 Å². The van der Waals surface area contributed by atoms with Crippen LogP contribution in [0.15, 0.2) is 65.6 Å². The molecule has 0 unspecified atom stereocenters. The molecule has 0 aliphatic rings. The summed E-state index contributed by atoms with van der Waals surface area (Å²) in [5.74, 6) is -0.529. The van der Waals surface area contributed by atoms with Crippen molar-refractivity contribution in [2.75, 3.05) is 7.11 Å². The summed E-state index contributed by atoms with van der Waals surface area (Å²) in [7, 11) is 1.62. The highest BCUT2D eigenvalue weighted by Crippen LogP contribution is 2.25.